The fourth-order valence-electron chi connectivity index (χ4n) is 2.89. The van der Waals surface area contributed by atoms with Crippen molar-refractivity contribution in [2.75, 3.05) is 12.4 Å². The van der Waals surface area contributed by atoms with E-state index < -0.39 is 26.6 Å². The molecule has 0 atom stereocenters. The topological polar surface area (TPSA) is 138 Å². The Hall–Kier alpha value is -3.38. The number of hydrogen-bond acceptors (Lipinski definition) is 8. The number of amides is 1. The van der Waals surface area contributed by atoms with Gasteiger partial charge in [-0.05, 0) is 31.2 Å². The maximum atomic E-state index is 12.8. The molecule has 0 bridgehead atoms. The Labute approximate surface area is 186 Å². The Bertz CT molecular complexity index is 1390. The molecule has 32 heavy (non-hydrogen) atoms. The average molecular weight is 478 g/mol. The van der Waals surface area contributed by atoms with Crippen LogP contribution in [-0.4, -0.2) is 42.1 Å². The number of aromatic nitrogens is 1. The quantitative estimate of drug-likeness (QED) is 0.290. The number of carbonyl (C=O) groups excluding carboxylic acids is 2. The number of nitro benzene ring substituents is 1. The minimum Gasteiger partial charge on any atom is -0.465 e. The maximum absolute atomic E-state index is 12.8. The summed E-state index contributed by atoms with van der Waals surface area (Å²) in [6.07, 6.45) is 0. The lowest BCUT2D eigenvalue weighted by molar-refractivity contribution is -0.384. The minimum atomic E-state index is -3.51. The molecule has 10 nitrogen and oxygen atoms in total. The van der Waals surface area contributed by atoms with Gasteiger partial charge in [0.25, 0.3) is 11.6 Å². The number of nitro groups is 1. The number of carbonyl (C=O) groups is 2. The highest BCUT2D eigenvalue weighted by molar-refractivity contribution is 7.91. The molecule has 0 fully saturated rings. The maximum Gasteiger partial charge on any atom is 0.326 e. The molecule has 1 heterocycles. The van der Waals surface area contributed by atoms with E-state index in [1.54, 1.807) is 6.92 Å². The van der Waals surface area contributed by atoms with Gasteiger partial charge in [0.05, 0.1) is 32.4 Å². The molecule has 168 valence electrons. The molecule has 0 aliphatic carbocycles. The predicted octanol–water partition coefficient (Wildman–Crippen LogP) is 2.71. The standard InChI is InChI=1S/C20H19N3O7S2/c1-3-30-18(24)12-22-16-11-14(23(26)27)8-9-17(16)31-20(22)21-19(25)13-6-5-7-15(10-13)32(28,29)4-2/h5-11H,3-4,12H2,1-2H3. The first-order valence-electron chi connectivity index (χ1n) is 9.51. The second-order valence-corrected chi connectivity index (χ2v) is 9.82. The summed E-state index contributed by atoms with van der Waals surface area (Å²) in [7, 11) is -3.51. The highest BCUT2D eigenvalue weighted by atomic mass is 32.2. The number of non-ortho nitro benzene ring substituents is 1. The number of benzene rings is 2. The van der Waals surface area contributed by atoms with Crippen molar-refractivity contribution in [1.82, 2.24) is 4.57 Å². The van der Waals surface area contributed by atoms with Crippen molar-refractivity contribution in [2.24, 2.45) is 4.99 Å². The van der Waals surface area contributed by atoms with Crippen molar-refractivity contribution < 1.29 is 27.7 Å². The van der Waals surface area contributed by atoms with Crippen LogP contribution in [0.25, 0.3) is 10.2 Å². The molecule has 1 aromatic heterocycles. The van der Waals surface area contributed by atoms with Gasteiger partial charge in [-0.1, -0.05) is 24.3 Å². The van der Waals surface area contributed by atoms with Crippen LogP contribution < -0.4 is 4.80 Å². The Morgan fingerprint density at radius 2 is 1.94 bits per heavy atom. The molecule has 0 N–H and O–H groups in total. The Morgan fingerprint density at radius 3 is 2.59 bits per heavy atom. The number of fused-ring (bicyclic) bond motifs is 1. The average Bonchev–Trinajstić information content (AvgIpc) is 3.10. The van der Waals surface area contributed by atoms with Gasteiger partial charge in [-0.15, -0.1) is 0 Å². The van der Waals surface area contributed by atoms with Crippen molar-refractivity contribution in [3.8, 4) is 0 Å². The molecule has 1 amide bonds. The number of hydrogen-bond donors (Lipinski definition) is 0. The van der Waals surface area contributed by atoms with E-state index in [-0.39, 0.29) is 39.9 Å². The van der Waals surface area contributed by atoms with Gasteiger partial charge in [-0.3, -0.25) is 19.7 Å². The van der Waals surface area contributed by atoms with Gasteiger partial charge < -0.3 is 9.30 Å². The molecule has 0 aliphatic heterocycles. The van der Waals surface area contributed by atoms with Gasteiger partial charge in [-0.2, -0.15) is 4.99 Å². The Balaban J connectivity index is 2.14. The normalized spacial score (nSPS) is 12.1. The summed E-state index contributed by atoms with van der Waals surface area (Å²) in [5.41, 5.74) is 0.236. The molecule has 0 aliphatic rings. The van der Waals surface area contributed by atoms with E-state index in [4.69, 9.17) is 4.74 Å². The second kappa shape index (κ2) is 9.40. The summed E-state index contributed by atoms with van der Waals surface area (Å²) in [5, 5.41) is 11.2. The van der Waals surface area contributed by atoms with E-state index in [0.717, 1.165) is 11.3 Å². The summed E-state index contributed by atoms with van der Waals surface area (Å²) in [5.74, 6) is -1.42. The third-order valence-corrected chi connectivity index (χ3v) is 7.28. The molecular weight excluding hydrogens is 458 g/mol. The van der Waals surface area contributed by atoms with E-state index in [9.17, 15) is 28.1 Å². The molecule has 0 saturated heterocycles. The smallest absolute Gasteiger partial charge is 0.326 e. The number of rotatable bonds is 7. The highest BCUT2D eigenvalue weighted by Gasteiger charge is 2.17. The predicted molar refractivity (Wildman–Crippen MR) is 117 cm³/mol. The van der Waals surface area contributed by atoms with Crippen molar-refractivity contribution in [2.45, 2.75) is 25.3 Å². The Morgan fingerprint density at radius 1 is 1.19 bits per heavy atom. The minimum absolute atomic E-state index is 0.00687. The van der Waals surface area contributed by atoms with Crippen LogP contribution >= 0.6 is 11.3 Å². The largest absolute Gasteiger partial charge is 0.465 e. The summed E-state index contributed by atoms with van der Waals surface area (Å²) in [6, 6.07) is 9.66. The highest BCUT2D eigenvalue weighted by Crippen LogP contribution is 2.23. The molecule has 3 aromatic rings. The van der Waals surface area contributed by atoms with Crippen LogP contribution in [0.2, 0.25) is 0 Å². The van der Waals surface area contributed by atoms with Crippen molar-refractivity contribution in [1.29, 1.82) is 0 Å². The number of nitrogens with zero attached hydrogens (tertiary/aromatic N) is 3. The fourth-order valence-corrected chi connectivity index (χ4v) is 4.82. The van der Waals surface area contributed by atoms with Crippen LogP contribution in [-0.2, 0) is 25.9 Å². The van der Waals surface area contributed by atoms with Crippen LogP contribution in [0.15, 0.2) is 52.4 Å². The van der Waals surface area contributed by atoms with Crippen LogP contribution in [0.5, 0.6) is 0 Å². The fraction of sp³-hybridized carbons (Fsp3) is 0.250. The van der Waals surface area contributed by atoms with Crippen molar-refractivity contribution in [3.05, 3.63) is 62.9 Å². The number of thiazole rings is 1. The first-order valence-corrected chi connectivity index (χ1v) is 12.0. The summed E-state index contributed by atoms with van der Waals surface area (Å²) in [4.78, 5) is 39.7. The number of esters is 1. The van der Waals surface area contributed by atoms with E-state index in [2.05, 4.69) is 4.99 Å². The van der Waals surface area contributed by atoms with Gasteiger partial charge in [0.15, 0.2) is 14.6 Å². The van der Waals surface area contributed by atoms with Crippen LogP contribution in [0, 0.1) is 10.1 Å². The van der Waals surface area contributed by atoms with Crippen molar-refractivity contribution in [3.63, 3.8) is 0 Å². The van der Waals surface area contributed by atoms with Gasteiger partial charge in [0, 0.05) is 17.7 Å². The molecule has 0 spiro atoms. The van der Waals surface area contributed by atoms with E-state index in [0.29, 0.717) is 10.2 Å². The lowest BCUT2D eigenvalue weighted by Crippen LogP contribution is -2.23. The molecule has 3 rings (SSSR count). The first kappa shape index (κ1) is 23.3. The summed E-state index contributed by atoms with van der Waals surface area (Å²) >= 11 is 1.07. The van der Waals surface area contributed by atoms with Gasteiger partial charge in [0.1, 0.15) is 6.54 Å². The zero-order chi connectivity index (χ0) is 23.5. The van der Waals surface area contributed by atoms with Crippen LogP contribution in [0.1, 0.15) is 24.2 Å². The second-order valence-electron chi connectivity index (χ2n) is 6.53. The molecular formula is C20H19N3O7S2. The van der Waals surface area contributed by atoms with Crippen LogP contribution in [0.4, 0.5) is 5.69 Å². The summed E-state index contributed by atoms with van der Waals surface area (Å²) < 4.78 is 31.2. The van der Waals surface area contributed by atoms with Gasteiger partial charge in [0.2, 0.25) is 0 Å². The monoisotopic (exact) mass is 477 g/mol. The van der Waals surface area contributed by atoms with Crippen LogP contribution in [0.3, 0.4) is 0 Å². The first-order chi connectivity index (χ1) is 15.2. The number of sulfone groups is 1. The molecule has 12 heteroatoms. The summed E-state index contributed by atoms with van der Waals surface area (Å²) in [6.45, 7) is 2.99. The van der Waals surface area contributed by atoms with E-state index in [1.807, 2.05) is 0 Å². The third-order valence-electron chi connectivity index (χ3n) is 4.49. The zero-order valence-electron chi connectivity index (χ0n) is 17.2. The van der Waals surface area contributed by atoms with Gasteiger partial charge in [-0.25, -0.2) is 8.42 Å². The van der Waals surface area contributed by atoms with Gasteiger partial charge >= 0.3 is 5.97 Å². The molecule has 0 unspecified atom stereocenters. The van der Waals surface area contributed by atoms with E-state index >= 15 is 0 Å². The lowest BCUT2D eigenvalue weighted by atomic mass is 10.2. The number of ether oxygens (including phenoxy) is 1. The molecule has 2 aromatic carbocycles. The Kier molecular flexibility index (Phi) is 6.84. The zero-order valence-corrected chi connectivity index (χ0v) is 18.8. The third kappa shape index (κ3) is 4.92. The van der Waals surface area contributed by atoms with E-state index in [1.165, 1.54) is 54.0 Å². The SMILES string of the molecule is CCOC(=O)Cn1c(=NC(=O)c2cccc(S(=O)(=O)CC)c2)sc2ccc([N+](=O)[O-])cc21. The molecule has 0 saturated carbocycles. The van der Waals surface area contributed by atoms with Crippen molar-refractivity contribution >= 4 is 49.0 Å². The lowest BCUT2D eigenvalue weighted by Gasteiger charge is -2.05. The molecule has 0 radical (unpaired) electrons.